The largest absolute Gasteiger partial charge is 0.476 e. The second kappa shape index (κ2) is 9.03. The number of carbonyl (C=O) groups excluding carboxylic acids is 1. The number of fused-ring (bicyclic) bond motifs is 2. The summed E-state index contributed by atoms with van der Waals surface area (Å²) in [5.74, 6) is -1.32. The van der Waals surface area contributed by atoms with Crippen molar-refractivity contribution in [3.05, 3.63) is 56.3 Å². The highest BCUT2D eigenvalue weighted by atomic mass is 32.1. The van der Waals surface area contributed by atoms with Crippen LogP contribution in [0.5, 0.6) is 0 Å². The molecule has 1 unspecified atom stereocenters. The second-order valence-electron chi connectivity index (χ2n) is 9.31. The van der Waals surface area contributed by atoms with Gasteiger partial charge >= 0.3 is 5.97 Å². The Morgan fingerprint density at radius 2 is 2.03 bits per heavy atom. The van der Waals surface area contributed by atoms with E-state index in [1.54, 1.807) is 12.1 Å². The first-order chi connectivity index (χ1) is 16.2. The van der Waals surface area contributed by atoms with Gasteiger partial charge in [-0.1, -0.05) is 45.4 Å². The van der Waals surface area contributed by atoms with E-state index in [0.29, 0.717) is 16.5 Å². The Hall–Kier alpha value is -3.51. The first-order valence-electron chi connectivity index (χ1n) is 11.2. The maximum atomic E-state index is 12.8. The van der Waals surface area contributed by atoms with Crippen molar-refractivity contribution in [2.75, 3.05) is 5.32 Å². The van der Waals surface area contributed by atoms with Gasteiger partial charge < -0.3 is 10.4 Å². The zero-order chi connectivity index (χ0) is 24.6. The van der Waals surface area contributed by atoms with Gasteiger partial charge in [-0.3, -0.25) is 9.59 Å². The third-order valence-corrected chi connectivity index (χ3v) is 8.18. The number of benzene rings is 1. The topological polar surface area (TPSA) is 125 Å². The number of nitrogens with zero attached hydrogens (tertiary/aromatic N) is 3. The summed E-state index contributed by atoms with van der Waals surface area (Å²) < 4.78 is 0.862. The molecule has 1 aliphatic rings. The van der Waals surface area contributed by atoms with Crippen LogP contribution in [0.15, 0.2) is 29.1 Å². The molecule has 2 heterocycles. The maximum absolute atomic E-state index is 12.8. The zero-order valence-corrected chi connectivity index (χ0v) is 20.2. The minimum atomic E-state index is -1.28. The molecule has 1 aromatic carbocycles. The molecular formula is C25H26N4O4S. The third-order valence-electron chi connectivity index (χ3n) is 7.01. The van der Waals surface area contributed by atoms with Crippen molar-refractivity contribution < 1.29 is 14.7 Å². The summed E-state index contributed by atoms with van der Waals surface area (Å²) in [4.78, 5) is 38.4. The lowest BCUT2D eigenvalue weighted by Crippen LogP contribution is -2.31. The normalized spacial score (nSPS) is 15.5. The molecule has 1 atom stereocenters. The predicted octanol–water partition coefficient (Wildman–Crippen LogP) is 4.21. The number of hydrogen-bond donors (Lipinski definition) is 2. The molecule has 2 aromatic heterocycles. The lowest BCUT2D eigenvalue weighted by Gasteiger charge is -2.36. The highest BCUT2D eigenvalue weighted by Gasteiger charge is 2.34. The summed E-state index contributed by atoms with van der Waals surface area (Å²) in [6.45, 7) is 6.27. The van der Waals surface area contributed by atoms with Crippen LogP contribution < -0.4 is 10.9 Å². The number of rotatable bonds is 6. The average Bonchev–Trinajstić information content (AvgIpc) is 3.16. The van der Waals surface area contributed by atoms with Crippen molar-refractivity contribution in [3.8, 4) is 6.07 Å². The van der Waals surface area contributed by atoms with Crippen molar-refractivity contribution in [1.82, 2.24) is 9.78 Å². The van der Waals surface area contributed by atoms with Crippen LogP contribution in [0, 0.1) is 22.7 Å². The van der Waals surface area contributed by atoms with E-state index in [0.717, 1.165) is 40.8 Å². The van der Waals surface area contributed by atoms with Gasteiger partial charge in [-0.05, 0) is 42.2 Å². The van der Waals surface area contributed by atoms with Gasteiger partial charge in [-0.25, -0.2) is 9.48 Å². The summed E-state index contributed by atoms with van der Waals surface area (Å²) in [6, 6.07) is 8.51. The molecule has 0 saturated carbocycles. The van der Waals surface area contributed by atoms with E-state index >= 15 is 0 Å². The fraction of sp³-hybridized carbons (Fsp3) is 0.400. The highest BCUT2D eigenvalue weighted by Crippen LogP contribution is 2.45. The monoisotopic (exact) mass is 478 g/mol. The van der Waals surface area contributed by atoms with Gasteiger partial charge in [0.15, 0.2) is 5.69 Å². The molecule has 0 radical (unpaired) electrons. The fourth-order valence-corrected chi connectivity index (χ4v) is 5.84. The number of nitriles is 1. The molecule has 9 heteroatoms. The van der Waals surface area contributed by atoms with E-state index in [1.807, 2.05) is 0 Å². The molecular weight excluding hydrogens is 452 g/mol. The lowest BCUT2D eigenvalue weighted by molar-refractivity contribution is -0.117. The maximum Gasteiger partial charge on any atom is 0.357 e. The van der Waals surface area contributed by atoms with Crippen molar-refractivity contribution >= 4 is 39.0 Å². The standard InChI is InChI=1S/C25H26N4O4S/c1-4-25(2,3)14-9-10-15-18(12-26)22(34-19(15)11-14)27-20(30)13-29-23(31)17-8-6-5-7-16(17)21(28-29)24(32)33/h5-8,14H,4,9-11,13H2,1-3H3,(H,27,30)(H,32,33). The number of thiophene rings is 1. The minimum absolute atomic E-state index is 0.177. The molecule has 0 bridgehead atoms. The Morgan fingerprint density at radius 1 is 1.32 bits per heavy atom. The molecule has 34 heavy (non-hydrogen) atoms. The van der Waals surface area contributed by atoms with Crippen molar-refractivity contribution in [3.63, 3.8) is 0 Å². The van der Waals surface area contributed by atoms with Gasteiger partial charge in [0.2, 0.25) is 5.91 Å². The molecule has 0 aliphatic heterocycles. The molecule has 1 aliphatic carbocycles. The first kappa shape index (κ1) is 23.6. The number of anilines is 1. The number of aromatic nitrogens is 2. The summed E-state index contributed by atoms with van der Waals surface area (Å²) in [6.07, 6.45) is 3.74. The molecule has 3 aromatic rings. The van der Waals surface area contributed by atoms with Crippen LogP contribution in [0.2, 0.25) is 0 Å². The molecule has 176 valence electrons. The van der Waals surface area contributed by atoms with Gasteiger partial charge in [0.1, 0.15) is 17.6 Å². The molecule has 4 rings (SSSR count). The summed E-state index contributed by atoms with van der Waals surface area (Å²) >= 11 is 1.41. The Labute approximate surface area is 200 Å². The predicted molar refractivity (Wildman–Crippen MR) is 130 cm³/mol. The van der Waals surface area contributed by atoms with Gasteiger partial charge in [0.05, 0.1) is 10.9 Å². The van der Waals surface area contributed by atoms with Crippen molar-refractivity contribution in [2.24, 2.45) is 11.3 Å². The Kier molecular flexibility index (Phi) is 6.28. The molecule has 1 amide bonds. The van der Waals surface area contributed by atoms with E-state index in [4.69, 9.17) is 0 Å². The summed E-state index contributed by atoms with van der Waals surface area (Å²) in [5, 5.41) is 26.8. The molecule has 2 N–H and O–H groups in total. The van der Waals surface area contributed by atoms with E-state index in [1.165, 1.54) is 23.5 Å². The zero-order valence-electron chi connectivity index (χ0n) is 19.3. The van der Waals surface area contributed by atoms with Gasteiger partial charge in [0, 0.05) is 10.3 Å². The number of aromatic carboxylic acids is 1. The summed E-state index contributed by atoms with van der Waals surface area (Å²) in [7, 11) is 0. The minimum Gasteiger partial charge on any atom is -0.476 e. The van der Waals surface area contributed by atoms with E-state index in [2.05, 4.69) is 37.3 Å². The number of nitrogens with one attached hydrogen (secondary N) is 1. The van der Waals surface area contributed by atoms with Crippen LogP contribution in [0.25, 0.3) is 10.8 Å². The number of carboxylic acids is 1. The van der Waals surface area contributed by atoms with E-state index in [9.17, 15) is 24.8 Å². The van der Waals surface area contributed by atoms with E-state index in [-0.39, 0.29) is 21.9 Å². The number of carboxylic acid groups (broad SMARTS) is 1. The molecule has 0 spiro atoms. The Morgan fingerprint density at radius 3 is 2.68 bits per heavy atom. The van der Waals surface area contributed by atoms with Crippen LogP contribution in [0.4, 0.5) is 5.00 Å². The van der Waals surface area contributed by atoms with Crippen molar-refractivity contribution in [1.29, 1.82) is 5.26 Å². The SMILES string of the molecule is CCC(C)(C)C1CCc2c(sc(NC(=O)Cn3nc(C(=O)O)c4ccccc4c3=O)c2C#N)C1. The Bertz CT molecular complexity index is 1400. The molecule has 8 nitrogen and oxygen atoms in total. The average molecular weight is 479 g/mol. The van der Waals surface area contributed by atoms with Crippen molar-refractivity contribution in [2.45, 2.75) is 53.0 Å². The van der Waals surface area contributed by atoms with E-state index < -0.39 is 24.0 Å². The van der Waals surface area contributed by atoms with Gasteiger partial charge in [-0.2, -0.15) is 10.4 Å². The van der Waals surface area contributed by atoms with Crippen LogP contribution in [-0.4, -0.2) is 26.8 Å². The smallest absolute Gasteiger partial charge is 0.357 e. The second-order valence-corrected chi connectivity index (χ2v) is 10.4. The van der Waals surface area contributed by atoms with Gasteiger partial charge in [0.25, 0.3) is 5.56 Å². The fourth-order valence-electron chi connectivity index (χ4n) is 4.55. The van der Waals surface area contributed by atoms with Gasteiger partial charge in [-0.15, -0.1) is 11.3 Å². The molecule has 0 saturated heterocycles. The highest BCUT2D eigenvalue weighted by molar-refractivity contribution is 7.16. The Balaban J connectivity index is 1.61. The van der Waals surface area contributed by atoms with Crippen LogP contribution in [0.3, 0.4) is 0 Å². The first-order valence-corrected chi connectivity index (χ1v) is 12.1. The number of amides is 1. The number of carbonyl (C=O) groups is 2. The van der Waals surface area contributed by atoms with Crippen LogP contribution in [0.1, 0.15) is 60.1 Å². The lowest BCUT2D eigenvalue weighted by atomic mass is 9.69. The third kappa shape index (κ3) is 4.21. The van der Waals surface area contributed by atoms with Crippen LogP contribution in [-0.2, 0) is 24.2 Å². The van der Waals surface area contributed by atoms with Crippen LogP contribution >= 0.6 is 11.3 Å². The molecule has 0 fully saturated rings. The quantitative estimate of drug-likeness (QED) is 0.547. The summed E-state index contributed by atoms with van der Waals surface area (Å²) in [5.41, 5.74) is 0.831. The number of hydrogen-bond acceptors (Lipinski definition) is 6.